The van der Waals surface area contributed by atoms with E-state index in [2.05, 4.69) is 5.10 Å². The van der Waals surface area contributed by atoms with Crippen LogP contribution in [0.5, 0.6) is 0 Å². The largest absolute Gasteiger partial charge is 0.480 e. The molecule has 1 aromatic rings. The molecule has 2 aliphatic rings. The van der Waals surface area contributed by atoms with Crippen molar-refractivity contribution in [3.63, 3.8) is 0 Å². The maximum atomic E-state index is 12.9. The molecule has 0 aromatic heterocycles. The maximum Gasteiger partial charge on any atom is 0.328 e. The summed E-state index contributed by atoms with van der Waals surface area (Å²) >= 11 is 0. The number of carboxylic acid groups (broad SMARTS) is 1. The minimum Gasteiger partial charge on any atom is -0.480 e. The van der Waals surface area contributed by atoms with Crippen LogP contribution in [0.2, 0.25) is 0 Å². The summed E-state index contributed by atoms with van der Waals surface area (Å²) in [4.78, 5) is 26.0. The average molecular weight is 394 g/mol. The van der Waals surface area contributed by atoms with Gasteiger partial charge >= 0.3 is 5.97 Å². The van der Waals surface area contributed by atoms with Crippen molar-refractivity contribution in [1.82, 2.24) is 9.21 Å². The number of piperazine rings is 1. The van der Waals surface area contributed by atoms with E-state index >= 15 is 0 Å². The van der Waals surface area contributed by atoms with Crippen LogP contribution in [0.1, 0.15) is 13.3 Å². The SMILES string of the molecule is C[C@H]1CN(C(=O)C2=NN(c3ccccc3)C(C(=O)O)C2)CCN1S(C)(=O)=O. The van der Waals surface area contributed by atoms with Crippen LogP contribution in [-0.2, 0) is 19.6 Å². The molecule has 146 valence electrons. The summed E-state index contributed by atoms with van der Waals surface area (Å²) in [7, 11) is -3.33. The second-order valence-corrected chi connectivity index (χ2v) is 8.69. The Balaban J connectivity index is 1.78. The minimum atomic E-state index is -3.33. The first kappa shape index (κ1) is 19.3. The number of nitrogens with zero attached hydrogens (tertiary/aromatic N) is 4. The predicted octanol–water partition coefficient (Wildman–Crippen LogP) is 0.198. The number of hydrazone groups is 1. The van der Waals surface area contributed by atoms with Crippen LogP contribution in [0.15, 0.2) is 35.4 Å². The highest BCUT2D eigenvalue weighted by molar-refractivity contribution is 7.88. The number of carbonyl (C=O) groups is 2. The normalized spacial score (nSPS) is 24.0. The van der Waals surface area contributed by atoms with Gasteiger partial charge in [0.25, 0.3) is 5.91 Å². The van der Waals surface area contributed by atoms with E-state index in [1.54, 1.807) is 36.1 Å². The van der Waals surface area contributed by atoms with Gasteiger partial charge in [-0.05, 0) is 19.1 Å². The topological polar surface area (TPSA) is 111 Å². The quantitative estimate of drug-likeness (QED) is 0.781. The van der Waals surface area contributed by atoms with E-state index in [0.29, 0.717) is 5.69 Å². The lowest BCUT2D eigenvalue weighted by Crippen LogP contribution is -2.56. The van der Waals surface area contributed by atoms with Gasteiger partial charge in [-0.2, -0.15) is 9.41 Å². The van der Waals surface area contributed by atoms with Crippen LogP contribution >= 0.6 is 0 Å². The number of carboxylic acids is 1. The summed E-state index contributed by atoms with van der Waals surface area (Å²) in [5, 5.41) is 15.1. The molecule has 1 fully saturated rings. The Morgan fingerprint density at radius 3 is 2.41 bits per heavy atom. The molecule has 0 saturated carbocycles. The van der Waals surface area contributed by atoms with Crippen molar-refractivity contribution in [3.8, 4) is 0 Å². The molecule has 1 unspecified atom stereocenters. The molecule has 0 radical (unpaired) electrons. The first-order chi connectivity index (χ1) is 12.7. The highest BCUT2D eigenvalue weighted by Gasteiger charge is 2.39. The number of para-hydroxylation sites is 1. The number of anilines is 1. The Bertz CT molecular complexity index is 871. The van der Waals surface area contributed by atoms with Crippen LogP contribution in [0.4, 0.5) is 5.69 Å². The number of benzene rings is 1. The minimum absolute atomic E-state index is 0.00370. The van der Waals surface area contributed by atoms with Gasteiger partial charge in [0.2, 0.25) is 10.0 Å². The zero-order valence-corrected chi connectivity index (χ0v) is 16.0. The van der Waals surface area contributed by atoms with E-state index in [1.807, 2.05) is 6.07 Å². The lowest BCUT2D eigenvalue weighted by atomic mass is 10.1. The number of amides is 1. The van der Waals surface area contributed by atoms with Crippen molar-refractivity contribution in [3.05, 3.63) is 30.3 Å². The fraction of sp³-hybridized carbons (Fsp3) is 0.471. The summed E-state index contributed by atoms with van der Waals surface area (Å²) in [5.41, 5.74) is 0.772. The summed E-state index contributed by atoms with van der Waals surface area (Å²) in [6.45, 7) is 2.45. The summed E-state index contributed by atoms with van der Waals surface area (Å²) in [6.07, 6.45) is 1.15. The van der Waals surface area contributed by atoms with Crippen LogP contribution in [0, 0.1) is 0 Å². The summed E-state index contributed by atoms with van der Waals surface area (Å²) in [6, 6.07) is 7.54. The molecule has 2 atom stereocenters. The molecule has 27 heavy (non-hydrogen) atoms. The smallest absolute Gasteiger partial charge is 0.328 e. The van der Waals surface area contributed by atoms with Gasteiger partial charge < -0.3 is 10.0 Å². The third kappa shape index (κ3) is 3.96. The number of rotatable bonds is 4. The number of aliphatic carboxylic acids is 1. The lowest BCUT2D eigenvalue weighted by Gasteiger charge is -2.38. The van der Waals surface area contributed by atoms with Gasteiger partial charge in [0.05, 0.1) is 11.9 Å². The van der Waals surface area contributed by atoms with Crippen molar-refractivity contribution in [2.45, 2.75) is 25.4 Å². The van der Waals surface area contributed by atoms with Gasteiger partial charge in [-0.15, -0.1) is 0 Å². The molecule has 0 bridgehead atoms. The number of hydrogen-bond donors (Lipinski definition) is 1. The molecule has 1 N–H and O–H groups in total. The molecule has 9 nitrogen and oxygen atoms in total. The second-order valence-electron chi connectivity index (χ2n) is 6.76. The van der Waals surface area contributed by atoms with Crippen LogP contribution < -0.4 is 5.01 Å². The van der Waals surface area contributed by atoms with Gasteiger partial charge in [-0.1, -0.05) is 18.2 Å². The van der Waals surface area contributed by atoms with Crippen molar-refractivity contribution in [2.75, 3.05) is 30.9 Å². The zero-order chi connectivity index (χ0) is 19.8. The predicted molar refractivity (Wildman–Crippen MR) is 100.0 cm³/mol. The van der Waals surface area contributed by atoms with E-state index in [1.165, 1.54) is 9.31 Å². The fourth-order valence-corrected chi connectivity index (χ4v) is 4.58. The zero-order valence-electron chi connectivity index (χ0n) is 15.1. The first-order valence-corrected chi connectivity index (χ1v) is 10.4. The Morgan fingerprint density at radius 1 is 1.19 bits per heavy atom. The number of carbonyl (C=O) groups excluding carboxylic acids is 1. The van der Waals surface area contributed by atoms with Crippen molar-refractivity contribution in [2.24, 2.45) is 5.10 Å². The highest BCUT2D eigenvalue weighted by atomic mass is 32.2. The fourth-order valence-electron chi connectivity index (χ4n) is 3.45. The third-order valence-electron chi connectivity index (χ3n) is 4.74. The van der Waals surface area contributed by atoms with Crippen LogP contribution in [0.25, 0.3) is 0 Å². The molecule has 10 heteroatoms. The van der Waals surface area contributed by atoms with E-state index < -0.39 is 22.0 Å². The molecule has 1 aromatic carbocycles. The summed E-state index contributed by atoms with van der Waals surface area (Å²) in [5.74, 6) is -1.40. The Kier molecular flexibility index (Phi) is 5.20. The molecule has 1 saturated heterocycles. The standard InChI is InChI=1S/C17H22N4O5S/c1-12-11-19(8-9-20(12)27(2,25)26)16(22)14-10-15(17(23)24)21(18-14)13-6-4-3-5-7-13/h3-7,12,15H,8-11H2,1-2H3,(H,23,24)/t12-,15?/m0/s1. The van der Waals surface area contributed by atoms with Gasteiger partial charge in [-0.3, -0.25) is 9.80 Å². The molecule has 3 rings (SSSR count). The van der Waals surface area contributed by atoms with E-state index in [4.69, 9.17) is 0 Å². The number of sulfonamides is 1. The van der Waals surface area contributed by atoms with Crippen molar-refractivity contribution < 1.29 is 23.1 Å². The van der Waals surface area contributed by atoms with Crippen LogP contribution in [-0.4, -0.2) is 78.3 Å². The first-order valence-electron chi connectivity index (χ1n) is 8.59. The third-order valence-corrected chi connectivity index (χ3v) is 6.14. The second kappa shape index (κ2) is 7.28. The molecule has 2 heterocycles. The average Bonchev–Trinajstić information content (AvgIpc) is 3.06. The Labute approximate surface area is 157 Å². The Morgan fingerprint density at radius 2 is 1.85 bits per heavy atom. The van der Waals surface area contributed by atoms with Gasteiger partial charge in [0.1, 0.15) is 5.71 Å². The summed E-state index contributed by atoms with van der Waals surface area (Å²) < 4.78 is 24.9. The van der Waals surface area contributed by atoms with Gasteiger partial charge in [-0.25, -0.2) is 13.2 Å². The van der Waals surface area contributed by atoms with E-state index in [9.17, 15) is 23.1 Å². The Hall–Kier alpha value is -2.46. The van der Waals surface area contributed by atoms with Crippen molar-refractivity contribution in [1.29, 1.82) is 0 Å². The van der Waals surface area contributed by atoms with E-state index in [0.717, 1.165) is 6.26 Å². The number of hydrogen-bond acceptors (Lipinski definition) is 6. The molecule has 0 spiro atoms. The van der Waals surface area contributed by atoms with Crippen LogP contribution in [0.3, 0.4) is 0 Å². The van der Waals surface area contributed by atoms with Crippen molar-refractivity contribution >= 4 is 33.3 Å². The van der Waals surface area contributed by atoms with Gasteiger partial charge in [0.15, 0.2) is 6.04 Å². The van der Waals surface area contributed by atoms with E-state index in [-0.39, 0.29) is 43.7 Å². The lowest BCUT2D eigenvalue weighted by molar-refractivity contribution is -0.138. The molecular formula is C17H22N4O5S. The molecular weight excluding hydrogens is 372 g/mol. The maximum absolute atomic E-state index is 12.9. The monoisotopic (exact) mass is 394 g/mol. The molecule has 1 amide bonds. The van der Waals surface area contributed by atoms with Gasteiger partial charge in [0, 0.05) is 32.1 Å². The molecule has 0 aliphatic carbocycles. The highest BCUT2D eigenvalue weighted by Crippen LogP contribution is 2.25. The molecule has 2 aliphatic heterocycles.